The van der Waals surface area contributed by atoms with E-state index in [0.717, 1.165) is 11.1 Å². The van der Waals surface area contributed by atoms with Crippen LogP contribution in [0.15, 0.2) is 48.5 Å². The highest BCUT2D eigenvalue weighted by atomic mass is 16.5. The number of esters is 1. The molecule has 0 aliphatic rings. The number of anilines is 1. The summed E-state index contributed by atoms with van der Waals surface area (Å²) in [5.41, 5.74) is 2.23. The van der Waals surface area contributed by atoms with Crippen molar-refractivity contribution in [2.24, 2.45) is 0 Å². The molecule has 0 unspecified atom stereocenters. The van der Waals surface area contributed by atoms with Crippen molar-refractivity contribution in [3.8, 4) is 11.8 Å². The van der Waals surface area contributed by atoms with E-state index in [1.807, 2.05) is 0 Å². The Morgan fingerprint density at radius 3 is 2.28 bits per heavy atom. The highest BCUT2D eigenvalue weighted by Crippen LogP contribution is 2.12. The van der Waals surface area contributed by atoms with Gasteiger partial charge in [0.2, 0.25) is 0 Å². The number of nitriles is 1. The van der Waals surface area contributed by atoms with Crippen molar-refractivity contribution < 1.29 is 19.1 Å². The van der Waals surface area contributed by atoms with Crippen LogP contribution in [0.2, 0.25) is 0 Å². The van der Waals surface area contributed by atoms with E-state index < -0.39 is 11.9 Å². The van der Waals surface area contributed by atoms with Gasteiger partial charge in [0.15, 0.2) is 6.61 Å². The third-order valence-corrected chi connectivity index (χ3v) is 3.39. The van der Waals surface area contributed by atoms with Crippen molar-refractivity contribution >= 4 is 17.6 Å². The van der Waals surface area contributed by atoms with Crippen LogP contribution in [0.1, 0.15) is 11.1 Å². The van der Waals surface area contributed by atoms with Crippen LogP contribution in [0.25, 0.3) is 0 Å². The van der Waals surface area contributed by atoms with Crippen molar-refractivity contribution in [2.75, 3.05) is 19.0 Å². The Morgan fingerprint density at radius 2 is 1.68 bits per heavy atom. The fourth-order valence-corrected chi connectivity index (χ4v) is 2.10. The molecule has 0 aliphatic heterocycles. The first-order valence-corrected chi connectivity index (χ1v) is 7.65. The number of methoxy groups -OCH3 is 1. The molecule has 0 saturated carbocycles. The normalized spacial score (nSPS) is 9.76. The zero-order valence-corrected chi connectivity index (χ0v) is 13.8. The first-order chi connectivity index (χ1) is 12.1. The van der Waals surface area contributed by atoms with E-state index in [1.54, 1.807) is 55.6 Å². The Morgan fingerprint density at radius 1 is 1.04 bits per heavy atom. The molecular formula is C19H18N2O4. The maximum Gasteiger partial charge on any atom is 0.310 e. The van der Waals surface area contributed by atoms with Gasteiger partial charge in [-0.1, -0.05) is 24.3 Å². The summed E-state index contributed by atoms with van der Waals surface area (Å²) >= 11 is 0. The number of amides is 1. The van der Waals surface area contributed by atoms with Gasteiger partial charge in [-0.3, -0.25) is 9.59 Å². The second kappa shape index (κ2) is 9.08. The molecule has 0 radical (unpaired) electrons. The molecule has 6 heteroatoms. The van der Waals surface area contributed by atoms with Crippen LogP contribution >= 0.6 is 0 Å². The quantitative estimate of drug-likeness (QED) is 0.784. The van der Waals surface area contributed by atoms with Crippen molar-refractivity contribution in [1.82, 2.24) is 0 Å². The first-order valence-electron chi connectivity index (χ1n) is 7.65. The molecule has 0 aliphatic carbocycles. The summed E-state index contributed by atoms with van der Waals surface area (Å²) in [6, 6.07) is 16.0. The van der Waals surface area contributed by atoms with E-state index in [2.05, 4.69) is 11.4 Å². The molecule has 1 amide bonds. The molecule has 128 valence electrons. The Hall–Kier alpha value is -3.33. The summed E-state index contributed by atoms with van der Waals surface area (Å²) in [5.74, 6) is -0.196. The number of hydrogen-bond donors (Lipinski definition) is 1. The molecular weight excluding hydrogens is 320 g/mol. The van der Waals surface area contributed by atoms with Gasteiger partial charge in [0.25, 0.3) is 5.91 Å². The number of nitrogens with zero attached hydrogens (tertiary/aromatic N) is 1. The molecule has 0 heterocycles. The topological polar surface area (TPSA) is 88.4 Å². The van der Waals surface area contributed by atoms with Crippen LogP contribution in [0.4, 0.5) is 5.69 Å². The molecule has 25 heavy (non-hydrogen) atoms. The minimum atomic E-state index is -0.482. The van der Waals surface area contributed by atoms with Crippen LogP contribution in [-0.4, -0.2) is 25.6 Å². The van der Waals surface area contributed by atoms with Gasteiger partial charge in [-0.2, -0.15) is 5.26 Å². The summed E-state index contributed by atoms with van der Waals surface area (Å²) in [5, 5.41) is 11.2. The van der Waals surface area contributed by atoms with Gasteiger partial charge in [-0.15, -0.1) is 0 Å². The Balaban J connectivity index is 1.76. The molecule has 0 fully saturated rings. The van der Waals surface area contributed by atoms with Gasteiger partial charge in [-0.25, -0.2) is 0 Å². The highest BCUT2D eigenvalue weighted by molar-refractivity contribution is 5.92. The lowest BCUT2D eigenvalue weighted by molar-refractivity contribution is -0.146. The summed E-state index contributed by atoms with van der Waals surface area (Å²) in [7, 11) is 1.57. The maximum atomic E-state index is 11.8. The second-order valence-electron chi connectivity index (χ2n) is 5.27. The number of hydrogen-bond acceptors (Lipinski definition) is 5. The largest absolute Gasteiger partial charge is 0.497 e. The van der Waals surface area contributed by atoms with Gasteiger partial charge in [-0.05, 0) is 35.4 Å². The molecule has 1 N–H and O–H groups in total. The standard InChI is InChI=1S/C19H18N2O4/c1-24-17-8-4-15(5-9-17)12-19(23)25-13-18(22)21-16-6-2-14(3-7-16)10-11-20/h2-9H,10,12-13H2,1H3,(H,21,22). The first kappa shape index (κ1) is 18.0. The average molecular weight is 338 g/mol. The van der Waals surface area contributed by atoms with Crippen molar-refractivity contribution in [2.45, 2.75) is 12.8 Å². The smallest absolute Gasteiger partial charge is 0.310 e. The van der Waals surface area contributed by atoms with Gasteiger partial charge >= 0.3 is 5.97 Å². The third kappa shape index (κ3) is 5.99. The Labute approximate surface area is 146 Å². The molecule has 0 aromatic heterocycles. The average Bonchev–Trinajstić information content (AvgIpc) is 2.62. The zero-order chi connectivity index (χ0) is 18.1. The molecule has 6 nitrogen and oxygen atoms in total. The number of carbonyl (C=O) groups is 2. The van der Waals surface area contributed by atoms with Crippen molar-refractivity contribution in [1.29, 1.82) is 5.26 Å². The van der Waals surface area contributed by atoms with Crippen molar-refractivity contribution in [3.05, 3.63) is 59.7 Å². The minimum Gasteiger partial charge on any atom is -0.497 e. The molecule has 2 aromatic rings. The molecule has 0 bridgehead atoms. The third-order valence-electron chi connectivity index (χ3n) is 3.39. The predicted octanol–water partition coefficient (Wildman–Crippen LogP) is 2.49. The van der Waals surface area contributed by atoms with E-state index in [4.69, 9.17) is 14.7 Å². The summed E-state index contributed by atoms with van der Waals surface area (Å²) in [4.78, 5) is 23.6. The number of nitrogens with one attached hydrogen (secondary N) is 1. The van der Waals surface area contributed by atoms with Crippen LogP contribution in [0.3, 0.4) is 0 Å². The van der Waals surface area contributed by atoms with Gasteiger partial charge < -0.3 is 14.8 Å². The zero-order valence-electron chi connectivity index (χ0n) is 13.8. The van der Waals surface area contributed by atoms with E-state index in [9.17, 15) is 9.59 Å². The number of rotatable bonds is 7. The number of benzene rings is 2. The molecule has 0 saturated heterocycles. The van der Waals surface area contributed by atoms with E-state index in [-0.39, 0.29) is 13.0 Å². The van der Waals surface area contributed by atoms with Crippen molar-refractivity contribution in [3.63, 3.8) is 0 Å². The predicted molar refractivity (Wildman–Crippen MR) is 92.0 cm³/mol. The van der Waals surface area contributed by atoms with Crippen LogP contribution in [0, 0.1) is 11.3 Å². The molecule has 2 aromatic carbocycles. The fourth-order valence-electron chi connectivity index (χ4n) is 2.10. The molecule has 0 spiro atoms. The van der Waals surface area contributed by atoms with Gasteiger partial charge in [0, 0.05) is 5.69 Å². The summed E-state index contributed by atoms with van der Waals surface area (Å²) < 4.78 is 10.0. The monoisotopic (exact) mass is 338 g/mol. The molecule has 2 rings (SSSR count). The summed E-state index contributed by atoms with van der Waals surface area (Å²) in [6.07, 6.45) is 0.400. The van der Waals surface area contributed by atoms with E-state index in [0.29, 0.717) is 17.9 Å². The van der Waals surface area contributed by atoms with Crippen LogP contribution in [-0.2, 0) is 27.2 Å². The Kier molecular flexibility index (Phi) is 6.55. The Bertz CT molecular complexity index is 762. The minimum absolute atomic E-state index is 0.0835. The lowest BCUT2D eigenvalue weighted by Gasteiger charge is -2.07. The van der Waals surface area contributed by atoms with E-state index in [1.165, 1.54) is 0 Å². The maximum absolute atomic E-state index is 11.8. The van der Waals surface area contributed by atoms with Gasteiger partial charge in [0.05, 0.1) is 26.0 Å². The van der Waals surface area contributed by atoms with E-state index >= 15 is 0 Å². The van der Waals surface area contributed by atoms with Crippen LogP contribution in [0.5, 0.6) is 5.75 Å². The number of ether oxygens (including phenoxy) is 2. The van der Waals surface area contributed by atoms with Crippen LogP contribution < -0.4 is 10.1 Å². The summed E-state index contributed by atoms with van der Waals surface area (Å²) in [6.45, 7) is -0.352. The highest BCUT2D eigenvalue weighted by Gasteiger charge is 2.09. The van der Waals surface area contributed by atoms with Gasteiger partial charge in [0.1, 0.15) is 5.75 Å². The lowest BCUT2D eigenvalue weighted by Crippen LogP contribution is -2.21. The SMILES string of the molecule is COc1ccc(CC(=O)OCC(=O)Nc2ccc(CC#N)cc2)cc1. The number of carbonyl (C=O) groups excluding carboxylic acids is 2. The second-order valence-corrected chi connectivity index (χ2v) is 5.27. The molecule has 0 atom stereocenters. The fraction of sp³-hybridized carbons (Fsp3) is 0.211. The lowest BCUT2D eigenvalue weighted by atomic mass is 10.1.